The van der Waals surface area contributed by atoms with Crippen LogP contribution in [-0.2, 0) is 0 Å². The van der Waals surface area contributed by atoms with Crippen molar-refractivity contribution in [3.8, 4) is 0 Å². The maximum absolute atomic E-state index is 4.53. The largest absolute Gasteiger partial charge is 0.268 e. The summed E-state index contributed by atoms with van der Waals surface area (Å²) in [5, 5.41) is 6.39. The molecule has 2 heteroatoms. The Hall–Kier alpha value is -2.09. The number of hydrogen-bond acceptors (Lipinski definition) is 2. The van der Waals surface area contributed by atoms with E-state index in [1.54, 1.807) is 0 Å². The van der Waals surface area contributed by atoms with Crippen LogP contribution in [0.4, 0.5) is 5.69 Å². The minimum atomic E-state index is 0.899. The Morgan fingerprint density at radius 3 is 2.35 bits per heavy atom. The molecule has 0 heterocycles. The summed E-state index contributed by atoms with van der Waals surface area (Å²) in [6, 6.07) is 8.28. The van der Waals surface area contributed by atoms with Crippen LogP contribution in [0.25, 0.3) is 0 Å². The molecule has 2 nitrogen and oxygen atoms in total. The number of nitrogens with zero attached hydrogens (tertiary/aromatic N) is 2. The first-order valence-electron chi connectivity index (χ1n) is 5.60. The van der Waals surface area contributed by atoms with Gasteiger partial charge in [-0.15, -0.1) is 0 Å². The highest BCUT2D eigenvalue weighted by Crippen LogP contribution is 2.15. The van der Waals surface area contributed by atoms with Crippen molar-refractivity contribution in [2.45, 2.75) is 6.92 Å². The van der Waals surface area contributed by atoms with Gasteiger partial charge in [-0.3, -0.25) is 5.01 Å². The minimum absolute atomic E-state index is 0.899. The second-order valence-electron chi connectivity index (χ2n) is 4.09. The smallest absolute Gasteiger partial charge is 0.0902 e. The molecule has 0 fully saturated rings. The van der Waals surface area contributed by atoms with Crippen LogP contribution in [0.5, 0.6) is 0 Å². The van der Waals surface area contributed by atoms with Gasteiger partial charge >= 0.3 is 0 Å². The van der Waals surface area contributed by atoms with E-state index in [2.05, 4.69) is 42.9 Å². The van der Waals surface area contributed by atoms with Crippen molar-refractivity contribution < 1.29 is 0 Å². The van der Waals surface area contributed by atoms with E-state index in [-0.39, 0.29) is 0 Å². The first-order chi connectivity index (χ1) is 8.16. The average molecular weight is 224 g/mol. The van der Waals surface area contributed by atoms with Crippen LogP contribution in [0, 0.1) is 6.92 Å². The summed E-state index contributed by atoms with van der Waals surface area (Å²) in [5.74, 6) is 0. The van der Waals surface area contributed by atoms with Crippen molar-refractivity contribution in [3.63, 3.8) is 0 Å². The fraction of sp³-hybridized carbons (Fsp3) is 0.133. The summed E-state index contributed by atoms with van der Waals surface area (Å²) in [7, 11) is 1.94. The zero-order chi connectivity index (χ0) is 12.3. The Morgan fingerprint density at radius 1 is 1.06 bits per heavy atom. The highest BCUT2D eigenvalue weighted by molar-refractivity contribution is 6.11. The van der Waals surface area contributed by atoms with Gasteiger partial charge in [0, 0.05) is 7.05 Å². The first kappa shape index (κ1) is 11.4. The van der Waals surface area contributed by atoms with E-state index >= 15 is 0 Å². The number of rotatable bonds is 2. The molecule has 2 rings (SSSR count). The molecule has 0 bridgehead atoms. The van der Waals surface area contributed by atoms with Crippen LogP contribution in [0.3, 0.4) is 0 Å². The summed E-state index contributed by atoms with van der Waals surface area (Å²) >= 11 is 0. The normalized spacial score (nSPS) is 16.6. The van der Waals surface area contributed by atoms with Crippen molar-refractivity contribution in [2.75, 3.05) is 12.1 Å². The minimum Gasteiger partial charge on any atom is -0.268 e. The Bertz CT molecular complexity index is 504. The summed E-state index contributed by atoms with van der Waals surface area (Å²) in [5.41, 5.74) is 4.15. The third-order valence-electron chi connectivity index (χ3n) is 2.66. The van der Waals surface area contributed by atoms with Crippen molar-refractivity contribution in [3.05, 3.63) is 66.3 Å². The van der Waals surface area contributed by atoms with E-state index in [9.17, 15) is 0 Å². The van der Waals surface area contributed by atoms with Crippen LogP contribution < -0.4 is 5.01 Å². The van der Waals surface area contributed by atoms with Gasteiger partial charge in [0.2, 0.25) is 0 Å². The van der Waals surface area contributed by atoms with E-state index in [4.69, 9.17) is 0 Å². The van der Waals surface area contributed by atoms with E-state index in [0.29, 0.717) is 0 Å². The number of hydrazone groups is 1. The second kappa shape index (κ2) is 4.83. The van der Waals surface area contributed by atoms with Crippen LogP contribution in [-0.4, -0.2) is 12.8 Å². The maximum Gasteiger partial charge on any atom is 0.0902 e. The summed E-state index contributed by atoms with van der Waals surface area (Å²) in [6.07, 6.45) is 7.86. The molecule has 17 heavy (non-hydrogen) atoms. The van der Waals surface area contributed by atoms with Gasteiger partial charge in [0.1, 0.15) is 0 Å². The summed E-state index contributed by atoms with van der Waals surface area (Å²) in [6.45, 7) is 6.04. The topological polar surface area (TPSA) is 15.6 Å². The molecule has 0 aromatic heterocycles. The Kier molecular flexibility index (Phi) is 3.24. The van der Waals surface area contributed by atoms with E-state index < -0.39 is 0 Å². The molecule has 86 valence electrons. The fourth-order valence-corrected chi connectivity index (χ4v) is 1.59. The molecule has 0 unspecified atom stereocenters. The highest BCUT2D eigenvalue weighted by Gasteiger charge is 2.04. The average Bonchev–Trinajstić information content (AvgIpc) is 2.33. The quantitative estimate of drug-likeness (QED) is 0.702. The fourth-order valence-electron chi connectivity index (χ4n) is 1.59. The van der Waals surface area contributed by atoms with Gasteiger partial charge in [-0.05, 0) is 30.7 Å². The van der Waals surface area contributed by atoms with Gasteiger partial charge in [-0.25, -0.2) is 0 Å². The van der Waals surface area contributed by atoms with Crippen molar-refractivity contribution in [1.29, 1.82) is 0 Å². The third-order valence-corrected chi connectivity index (χ3v) is 2.66. The Labute approximate surface area is 102 Å². The lowest BCUT2D eigenvalue weighted by Crippen LogP contribution is -2.13. The van der Waals surface area contributed by atoms with Gasteiger partial charge < -0.3 is 0 Å². The maximum atomic E-state index is 4.53. The molecule has 0 amide bonds. The van der Waals surface area contributed by atoms with Crippen LogP contribution in [0.2, 0.25) is 0 Å². The van der Waals surface area contributed by atoms with Gasteiger partial charge in [-0.1, -0.05) is 42.5 Å². The lowest BCUT2D eigenvalue weighted by molar-refractivity contribution is 1.02. The molecule has 0 saturated heterocycles. The number of anilines is 1. The predicted molar refractivity (Wildman–Crippen MR) is 74.4 cm³/mol. The number of allylic oxidation sites excluding steroid dienone is 5. The molecular formula is C15H16N2. The Morgan fingerprint density at radius 2 is 1.71 bits per heavy atom. The van der Waals surface area contributed by atoms with Crippen molar-refractivity contribution >= 4 is 11.4 Å². The van der Waals surface area contributed by atoms with Gasteiger partial charge in [0.05, 0.1) is 11.4 Å². The lowest BCUT2D eigenvalue weighted by atomic mass is 10.1. The zero-order valence-corrected chi connectivity index (χ0v) is 10.2. The second-order valence-corrected chi connectivity index (χ2v) is 4.09. The predicted octanol–water partition coefficient (Wildman–Crippen LogP) is 3.47. The monoisotopic (exact) mass is 224 g/mol. The molecule has 0 saturated carbocycles. The van der Waals surface area contributed by atoms with Crippen molar-refractivity contribution in [2.24, 2.45) is 5.10 Å². The van der Waals surface area contributed by atoms with Crippen LogP contribution >= 0.6 is 0 Å². The number of benzene rings is 1. The first-order valence-corrected chi connectivity index (χ1v) is 5.60. The molecule has 1 aromatic carbocycles. The molecule has 0 aliphatic heterocycles. The zero-order valence-electron chi connectivity index (χ0n) is 10.2. The molecule has 0 N–H and O–H groups in total. The van der Waals surface area contributed by atoms with Crippen LogP contribution in [0.1, 0.15) is 5.56 Å². The molecule has 0 spiro atoms. The lowest BCUT2D eigenvalue weighted by Gasteiger charge is -2.15. The summed E-state index contributed by atoms with van der Waals surface area (Å²) < 4.78 is 0. The van der Waals surface area contributed by atoms with Gasteiger partial charge in [0.25, 0.3) is 0 Å². The highest BCUT2D eigenvalue weighted by atomic mass is 15.4. The van der Waals surface area contributed by atoms with Gasteiger partial charge in [0.15, 0.2) is 0 Å². The van der Waals surface area contributed by atoms with Crippen LogP contribution in [0.15, 0.2) is 65.8 Å². The molecule has 0 atom stereocenters. The standard InChI is InChI=1S/C15H16N2/c1-12-8-10-14(11-9-12)17(3)16-15-7-5-4-6-13(15)2/h4-11H,2H2,1,3H3/b16-15-. The molecule has 0 radical (unpaired) electrons. The van der Waals surface area contributed by atoms with Crippen molar-refractivity contribution in [1.82, 2.24) is 0 Å². The number of hydrogen-bond donors (Lipinski definition) is 0. The molecule has 1 aliphatic rings. The summed E-state index contributed by atoms with van der Waals surface area (Å²) in [4.78, 5) is 0. The van der Waals surface area contributed by atoms with Gasteiger partial charge in [-0.2, -0.15) is 5.10 Å². The molecule has 1 aliphatic carbocycles. The molecular weight excluding hydrogens is 208 g/mol. The number of aryl methyl sites for hydroxylation is 1. The van der Waals surface area contributed by atoms with E-state index in [1.165, 1.54) is 5.56 Å². The molecule has 1 aromatic rings. The SMILES string of the molecule is C=C1C=CC=C/C1=N/N(C)c1ccc(C)cc1. The Balaban J connectivity index is 2.21. The van der Waals surface area contributed by atoms with E-state index in [0.717, 1.165) is 17.0 Å². The van der Waals surface area contributed by atoms with E-state index in [1.807, 2.05) is 36.4 Å². The third kappa shape index (κ3) is 2.72.